The summed E-state index contributed by atoms with van der Waals surface area (Å²) < 4.78 is 4.72. The molecule has 0 unspecified atom stereocenters. The van der Waals surface area contributed by atoms with Gasteiger partial charge in [0.15, 0.2) is 0 Å². The van der Waals surface area contributed by atoms with Gasteiger partial charge in [-0.1, -0.05) is 6.92 Å². The highest BCUT2D eigenvalue weighted by Gasteiger charge is 2.26. The highest BCUT2D eigenvalue weighted by atomic mass is 16.5. The second-order valence-corrected chi connectivity index (χ2v) is 3.30. The molecule has 0 radical (unpaired) electrons. The first-order chi connectivity index (χ1) is 5.77. The lowest BCUT2D eigenvalue weighted by Gasteiger charge is -2.27. The fourth-order valence-electron chi connectivity index (χ4n) is 1.70. The molecule has 0 spiro atoms. The molecule has 1 N–H and O–H groups in total. The Labute approximate surface area is 73.5 Å². The van der Waals surface area contributed by atoms with E-state index < -0.39 is 0 Å². The zero-order chi connectivity index (χ0) is 8.97. The molecule has 12 heavy (non-hydrogen) atoms. The van der Waals surface area contributed by atoms with Crippen LogP contribution in [0.3, 0.4) is 0 Å². The molecule has 0 saturated carbocycles. The number of carbonyl (C=O) groups excluding carboxylic acids is 1. The lowest BCUT2D eigenvalue weighted by Crippen LogP contribution is -2.40. The summed E-state index contributed by atoms with van der Waals surface area (Å²) in [5, 5.41) is 3.37. The van der Waals surface area contributed by atoms with Crippen molar-refractivity contribution in [3.05, 3.63) is 0 Å². The smallest absolute Gasteiger partial charge is 0.308 e. The summed E-state index contributed by atoms with van der Waals surface area (Å²) >= 11 is 0. The van der Waals surface area contributed by atoms with Crippen LogP contribution in [0.1, 0.15) is 26.2 Å². The van der Waals surface area contributed by atoms with Crippen molar-refractivity contribution in [3.63, 3.8) is 0 Å². The van der Waals surface area contributed by atoms with Gasteiger partial charge in [-0.05, 0) is 25.8 Å². The SMILES string of the molecule is CC[C@H]1C[C@H](C(=O)OC)CCN1. The van der Waals surface area contributed by atoms with Crippen molar-refractivity contribution in [1.82, 2.24) is 5.32 Å². The quantitative estimate of drug-likeness (QED) is 0.628. The molecule has 0 aromatic rings. The van der Waals surface area contributed by atoms with E-state index in [0.29, 0.717) is 6.04 Å². The van der Waals surface area contributed by atoms with Gasteiger partial charge in [0, 0.05) is 6.04 Å². The van der Waals surface area contributed by atoms with E-state index in [2.05, 4.69) is 12.2 Å². The molecule has 1 rings (SSSR count). The van der Waals surface area contributed by atoms with E-state index in [1.54, 1.807) is 0 Å². The van der Waals surface area contributed by atoms with Crippen LogP contribution in [-0.4, -0.2) is 25.7 Å². The van der Waals surface area contributed by atoms with Crippen molar-refractivity contribution < 1.29 is 9.53 Å². The lowest BCUT2D eigenvalue weighted by atomic mass is 9.91. The fourth-order valence-corrected chi connectivity index (χ4v) is 1.70. The Kier molecular flexibility index (Phi) is 3.53. The van der Waals surface area contributed by atoms with Crippen molar-refractivity contribution in [2.45, 2.75) is 32.2 Å². The molecule has 70 valence electrons. The molecule has 1 aliphatic rings. The molecular formula is C9H17NO2. The molecule has 1 heterocycles. The van der Waals surface area contributed by atoms with Crippen LogP contribution in [-0.2, 0) is 9.53 Å². The van der Waals surface area contributed by atoms with Gasteiger partial charge in [-0.2, -0.15) is 0 Å². The van der Waals surface area contributed by atoms with Gasteiger partial charge in [0.2, 0.25) is 0 Å². The van der Waals surface area contributed by atoms with Gasteiger partial charge in [0.1, 0.15) is 0 Å². The maximum atomic E-state index is 11.2. The second-order valence-electron chi connectivity index (χ2n) is 3.30. The number of piperidine rings is 1. The molecule has 0 aromatic carbocycles. The van der Waals surface area contributed by atoms with Crippen molar-refractivity contribution in [3.8, 4) is 0 Å². The number of rotatable bonds is 2. The van der Waals surface area contributed by atoms with Crippen LogP contribution in [0.25, 0.3) is 0 Å². The first kappa shape index (κ1) is 9.52. The molecule has 3 nitrogen and oxygen atoms in total. The Balaban J connectivity index is 2.40. The minimum absolute atomic E-state index is 0.0463. The highest BCUT2D eigenvalue weighted by molar-refractivity contribution is 5.72. The molecule has 1 saturated heterocycles. The Hall–Kier alpha value is -0.570. The average molecular weight is 171 g/mol. The van der Waals surface area contributed by atoms with Crippen LogP contribution < -0.4 is 5.32 Å². The van der Waals surface area contributed by atoms with Gasteiger partial charge >= 0.3 is 5.97 Å². The van der Waals surface area contributed by atoms with Crippen LogP contribution in [0.15, 0.2) is 0 Å². The van der Waals surface area contributed by atoms with Gasteiger partial charge in [0.05, 0.1) is 13.0 Å². The van der Waals surface area contributed by atoms with Gasteiger partial charge in [-0.15, -0.1) is 0 Å². The van der Waals surface area contributed by atoms with E-state index in [1.165, 1.54) is 7.11 Å². The van der Waals surface area contributed by atoms with Crippen LogP contribution in [0.4, 0.5) is 0 Å². The van der Waals surface area contributed by atoms with Crippen LogP contribution in [0.5, 0.6) is 0 Å². The number of hydrogen-bond donors (Lipinski definition) is 1. The van der Waals surface area contributed by atoms with Crippen molar-refractivity contribution >= 4 is 5.97 Å². The predicted octanol–water partition coefficient (Wildman–Crippen LogP) is 0.938. The van der Waals surface area contributed by atoms with Gasteiger partial charge in [-0.3, -0.25) is 4.79 Å². The summed E-state index contributed by atoms with van der Waals surface area (Å²) in [6.45, 7) is 3.08. The molecule has 3 heteroatoms. The third-order valence-corrected chi connectivity index (χ3v) is 2.52. The molecular weight excluding hydrogens is 154 g/mol. The first-order valence-electron chi connectivity index (χ1n) is 4.59. The minimum Gasteiger partial charge on any atom is -0.469 e. The molecule has 1 aliphatic heterocycles. The standard InChI is InChI=1S/C9H17NO2/c1-3-8-6-7(4-5-10-8)9(11)12-2/h7-8,10H,3-6H2,1-2H3/t7-,8+/m1/s1. The van der Waals surface area contributed by atoms with Gasteiger partial charge < -0.3 is 10.1 Å². The first-order valence-corrected chi connectivity index (χ1v) is 4.59. The molecule has 2 atom stereocenters. The zero-order valence-corrected chi connectivity index (χ0v) is 7.80. The monoisotopic (exact) mass is 171 g/mol. The van der Waals surface area contributed by atoms with Crippen molar-refractivity contribution in [1.29, 1.82) is 0 Å². The third kappa shape index (κ3) is 2.21. The minimum atomic E-state index is -0.0463. The molecule has 0 aromatic heterocycles. The van der Waals surface area contributed by atoms with Crippen LogP contribution >= 0.6 is 0 Å². The van der Waals surface area contributed by atoms with E-state index in [9.17, 15) is 4.79 Å². The van der Waals surface area contributed by atoms with Crippen molar-refractivity contribution in [2.24, 2.45) is 5.92 Å². The summed E-state index contributed by atoms with van der Waals surface area (Å²) in [5.41, 5.74) is 0. The number of ether oxygens (including phenoxy) is 1. The Bertz CT molecular complexity index is 159. The Morgan fingerprint density at radius 2 is 2.42 bits per heavy atom. The summed E-state index contributed by atoms with van der Waals surface area (Å²) in [5.74, 6) is 0.0798. The van der Waals surface area contributed by atoms with Gasteiger partial charge in [-0.25, -0.2) is 0 Å². The number of carbonyl (C=O) groups is 1. The van der Waals surface area contributed by atoms with E-state index in [1.807, 2.05) is 0 Å². The maximum Gasteiger partial charge on any atom is 0.308 e. The van der Waals surface area contributed by atoms with Crippen LogP contribution in [0, 0.1) is 5.92 Å². The largest absolute Gasteiger partial charge is 0.469 e. The van der Waals surface area contributed by atoms with E-state index in [0.717, 1.165) is 25.8 Å². The maximum absolute atomic E-state index is 11.2. The Morgan fingerprint density at radius 1 is 1.67 bits per heavy atom. The third-order valence-electron chi connectivity index (χ3n) is 2.52. The lowest BCUT2D eigenvalue weighted by molar-refractivity contribution is -0.146. The summed E-state index contributed by atoms with van der Waals surface area (Å²) in [6.07, 6.45) is 2.94. The molecule has 1 fully saturated rings. The number of methoxy groups -OCH3 is 1. The summed E-state index contributed by atoms with van der Waals surface area (Å²) in [6, 6.07) is 0.503. The topological polar surface area (TPSA) is 38.3 Å². The summed E-state index contributed by atoms with van der Waals surface area (Å²) in [4.78, 5) is 11.2. The second kappa shape index (κ2) is 4.45. The van der Waals surface area contributed by atoms with E-state index in [4.69, 9.17) is 4.74 Å². The fraction of sp³-hybridized carbons (Fsp3) is 0.889. The van der Waals surface area contributed by atoms with E-state index >= 15 is 0 Å². The summed E-state index contributed by atoms with van der Waals surface area (Å²) in [7, 11) is 1.46. The molecule has 0 bridgehead atoms. The van der Waals surface area contributed by atoms with Crippen molar-refractivity contribution in [2.75, 3.05) is 13.7 Å². The predicted molar refractivity (Wildman–Crippen MR) is 46.8 cm³/mol. The zero-order valence-electron chi connectivity index (χ0n) is 7.80. The highest BCUT2D eigenvalue weighted by Crippen LogP contribution is 2.18. The van der Waals surface area contributed by atoms with Crippen LogP contribution in [0.2, 0.25) is 0 Å². The molecule has 0 aliphatic carbocycles. The average Bonchev–Trinajstić information content (AvgIpc) is 2.17. The van der Waals surface area contributed by atoms with Gasteiger partial charge in [0.25, 0.3) is 0 Å². The normalized spacial score (nSPS) is 29.8. The number of hydrogen-bond acceptors (Lipinski definition) is 3. The number of esters is 1. The molecule has 0 amide bonds. The number of nitrogens with one attached hydrogen (secondary N) is 1. The van der Waals surface area contributed by atoms with E-state index in [-0.39, 0.29) is 11.9 Å². The Morgan fingerprint density at radius 3 is 3.00 bits per heavy atom.